The molecule has 0 spiro atoms. The average molecular weight is 309 g/mol. The first-order valence-electron chi connectivity index (χ1n) is 2.05. The van der Waals surface area contributed by atoms with Crippen LogP contribution in [-0.2, 0) is 28.1 Å². The van der Waals surface area contributed by atoms with Crippen molar-refractivity contribution < 1.29 is 33.2 Å². The number of hydrogen-bond donors (Lipinski definition) is 1. The minimum absolute atomic E-state index is 0.283. The molecule has 2 nitrogen and oxygen atoms in total. The number of halogens is 1. The molecule has 0 saturated heterocycles. The minimum atomic E-state index is -1.12. The topological polar surface area (TPSA) is 37.3 Å². The van der Waals surface area contributed by atoms with Crippen molar-refractivity contribution in [3.8, 4) is 0 Å². The summed E-state index contributed by atoms with van der Waals surface area (Å²) in [5.41, 5.74) is 0. The molecule has 0 amide bonds. The zero-order chi connectivity index (χ0) is 5.70. The molecule has 0 aromatic carbocycles. The molecule has 0 atom stereocenters. The summed E-state index contributed by atoms with van der Waals surface area (Å²) in [6.45, 7) is 0. The number of rotatable bonds is 3. The second-order valence-electron chi connectivity index (χ2n) is 1.19. The van der Waals surface area contributed by atoms with Crippen molar-refractivity contribution in [2.75, 3.05) is 0 Å². The second-order valence-corrected chi connectivity index (χ2v) is 8.72. The first-order chi connectivity index (χ1) is 3.27. The summed E-state index contributed by atoms with van der Waals surface area (Å²) in [6, 6.07) is 0. The van der Waals surface area contributed by atoms with E-state index < -0.39 is 29.3 Å². The Morgan fingerprint density at radius 1 is 1.86 bits per heavy atom. The Kier molecular flexibility index (Phi) is 5.33. The van der Waals surface area contributed by atoms with Crippen LogP contribution in [0.1, 0.15) is 6.42 Å². The fraction of sp³-hybridized carbons (Fsp3) is 0.667. The number of carboxylic acid groups (broad SMARTS) is 1. The quantitative estimate of drug-likeness (QED) is 0.793. The van der Waals surface area contributed by atoms with E-state index in [9.17, 15) is 4.79 Å². The molecule has 7 heavy (non-hydrogen) atoms. The molecule has 0 heterocycles. The van der Waals surface area contributed by atoms with Gasteiger partial charge in [-0.1, -0.05) is 0 Å². The first-order valence-corrected chi connectivity index (χ1v) is 12.7. The Balaban J connectivity index is 2.82. The zero-order valence-corrected chi connectivity index (χ0v) is 10.1. The van der Waals surface area contributed by atoms with Gasteiger partial charge in [-0.2, -0.15) is 0 Å². The molecule has 0 aliphatic heterocycles. The van der Waals surface area contributed by atoms with E-state index in [1.165, 1.54) is 0 Å². The van der Waals surface area contributed by atoms with Crippen LogP contribution in [0.2, 0.25) is 3.93 Å². The number of aliphatic carboxylic acids is 1. The van der Waals surface area contributed by atoms with E-state index in [-0.39, 0.29) is 6.42 Å². The molecule has 0 radical (unpaired) electrons. The van der Waals surface area contributed by atoms with E-state index in [4.69, 9.17) is 13.4 Å². The van der Waals surface area contributed by atoms with Crippen LogP contribution in [0.25, 0.3) is 0 Å². The molecule has 1 N–H and O–H groups in total. The van der Waals surface area contributed by atoms with E-state index >= 15 is 0 Å². The first kappa shape index (κ1) is 7.70. The molecule has 0 rings (SSSR count). The van der Waals surface area contributed by atoms with E-state index in [0.717, 1.165) is 3.93 Å². The van der Waals surface area contributed by atoms with E-state index in [2.05, 4.69) is 0 Å². The molecule has 0 bridgehead atoms. The summed E-state index contributed by atoms with van der Waals surface area (Å²) < 4.78 is 0.789. The Morgan fingerprint density at radius 2 is 2.43 bits per heavy atom. The summed E-state index contributed by atoms with van der Waals surface area (Å²) in [5.74, 6) is -0.722. The van der Waals surface area contributed by atoms with Gasteiger partial charge in [0, 0.05) is 0 Å². The Bertz CT molecular complexity index is 66.0. The van der Waals surface area contributed by atoms with Crippen molar-refractivity contribution in [1.29, 1.82) is 0 Å². The van der Waals surface area contributed by atoms with Crippen LogP contribution in [-0.4, -0.2) is 11.1 Å². The monoisotopic (exact) mass is 310 g/mol. The molecule has 0 saturated carbocycles. The van der Waals surface area contributed by atoms with E-state index in [1.54, 1.807) is 0 Å². The van der Waals surface area contributed by atoms with Gasteiger partial charge in [-0.25, -0.2) is 0 Å². The fourth-order valence-electron chi connectivity index (χ4n) is 0.218. The Morgan fingerprint density at radius 3 is 2.57 bits per heavy atom. The van der Waals surface area contributed by atoms with Gasteiger partial charge in [0.15, 0.2) is 0 Å². The van der Waals surface area contributed by atoms with Gasteiger partial charge in [-0.15, -0.1) is 0 Å². The van der Waals surface area contributed by atoms with Crippen molar-refractivity contribution in [3.05, 3.63) is 0 Å². The van der Waals surface area contributed by atoms with Crippen molar-refractivity contribution in [1.82, 2.24) is 0 Å². The molecule has 0 aromatic rings. The summed E-state index contributed by atoms with van der Waals surface area (Å²) in [6.07, 6.45) is 0.283. The molecular formula is C3H5ClHgO2. The van der Waals surface area contributed by atoms with Crippen molar-refractivity contribution >= 4 is 14.2 Å². The van der Waals surface area contributed by atoms with Crippen molar-refractivity contribution in [2.24, 2.45) is 0 Å². The molecule has 0 fully saturated rings. The predicted octanol–water partition coefficient (Wildman–Crippen LogP) is 1.12. The third-order valence-corrected chi connectivity index (χ3v) is 5.28. The molecule has 38 valence electrons. The van der Waals surface area contributed by atoms with Gasteiger partial charge in [0.05, 0.1) is 0 Å². The maximum absolute atomic E-state index is 9.74. The molecule has 0 aliphatic carbocycles. The average Bonchev–Trinajstić information content (AvgIpc) is 1.61. The van der Waals surface area contributed by atoms with Crippen LogP contribution in [0, 0.1) is 0 Å². The van der Waals surface area contributed by atoms with Crippen LogP contribution >= 0.6 is 8.25 Å². The van der Waals surface area contributed by atoms with Gasteiger partial charge in [0.1, 0.15) is 0 Å². The van der Waals surface area contributed by atoms with E-state index in [1.807, 2.05) is 0 Å². The maximum atomic E-state index is 9.74. The van der Waals surface area contributed by atoms with Gasteiger partial charge < -0.3 is 0 Å². The molecule has 0 unspecified atom stereocenters. The normalized spacial score (nSPS) is 7.57. The molecule has 0 aliphatic rings. The fourth-order valence-corrected chi connectivity index (χ4v) is 3.09. The predicted molar refractivity (Wildman–Crippen MR) is 22.9 cm³/mol. The summed E-state index contributed by atoms with van der Waals surface area (Å²) >= 11 is -1.12. The van der Waals surface area contributed by atoms with Crippen LogP contribution in [0.3, 0.4) is 0 Å². The van der Waals surface area contributed by atoms with Crippen LogP contribution < -0.4 is 0 Å². The van der Waals surface area contributed by atoms with Crippen LogP contribution in [0.15, 0.2) is 0 Å². The Labute approximate surface area is 57.7 Å². The summed E-state index contributed by atoms with van der Waals surface area (Å²) in [7, 11) is 5.40. The standard InChI is InChI=1S/C3H5O2.ClH.Hg/c1-2-3(4)5;;/h1-2H2,(H,4,5);1H;/q;;+1/p-1. The van der Waals surface area contributed by atoms with Gasteiger partial charge >= 0.3 is 57.8 Å². The third kappa shape index (κ3) is 6.70. The summed E-state index contributed by atoms with van der Waals surface area (Å²) in [5, 5.41) is 8.02. The number of hydrogen-bond acceptors (Lipinski definition) is 1. The summed E-state index contributed by atoms with van der Waals surface area (Å²) in [4.78, 5) is 9.74. The van der Waals surface area contributed by atoms with Gasteiger partial charge in [0.25, 0.3) is 0 Å². The second kappa shape index (κ2) is 4.84. The van der Waals surface area contributed by atoms with Gasteiger partial charge in [-0.05, 0) is 0 Å². The van der Waals surface area contributed by atoms with E-state index in [0.29, 0.717) is 0 Å². The number of carbonyl (C=O) groups is 1. The van der Waals surface area contributed by atoms with Gasteiger partial charge in [-0.3, -0.25) is 0 Å². The van der Waals surface area contributed by atoms with Gasteiger partial charge in [0.2, 0.25) is 0 Å². The number of carboxylic acids is 1. The molecular weight excluding hydrogens is 304 g/mol. The van der Waals surface area contributed by atoms with Crippen LogP contribution in [0.5, 0.6) is 0 Å². The van der Waals surface area contributed by atoms with Crippen molar-refractivity contribution in [2.45, 2.75) is 10.4 Å². The molecule has 4 heteroatoms. The Hall–Kier alpha value is 0.695. The molecule has 0 aromatic heterocycles. The zero-order valence-electron chi connectivity index (χ0n) is 3.85. The van der Waals surface area contributed by atoms with Crippen molar-refractivity contribution in [3.63, 3.8) is 0 Å². The van der Waals surface area contributed by atoms with Crippen LogP contribution in [0.4, 0.5) is 0 Å². The SMILES string of the molecule is O=C(O)C[CH2][Hg][Cl]. The third-order valence-electron chi connectivity index (χ3n) is 0.524.